The summed E-state index contributed by atoms with van der Waals surface area (Å²) in [4.78, 5) is 3.93. The van der Waals surface area contributed by atoms with Crippen LogP contribution >= 0.6 is 0 Å². The van der Waals surface area contributed by atoms with E-state index in [9.17, 15) is 8.42 Å². The van der Waals surface area contributed by atoms with Crippen molar-refractivity contribution < 1.29 is 22.8 Å². The monoisotopic (exact) mass is 313 g/mol. The van der Waals surface area contributed by atoms with Crippen LogP contribution in [0, 0.1) is 0 Å². The summed E-state index contributed by atoms with van der Waals surface area (Å²) >= 11 is 0. The summed E-state index contributed by atoms with van der Waals surface area (Å²) in [5.74, 6) is 0.931. The minimum Gasteiger partial charge on any atom is -0.491 e. The number of nitrogens with one attached hydrogen (secondary N) is 1. The smallest absolute Gasteiger partial charge is 0.240 e. The van der Waals surface area contributed by atoms with Gasteiger partial charge in [-0.1, -0.05) is 5.16 Å². The minimum atomic E-state index is -3.59. The third kappa shape index (κ3) is 4.52. The van der Waals surface area contributed by atoms with Crippen molar-refractivity contribution in [2.45, 2.75) is 11.3 Å². The zero-order valence-corrected chi connectivity index (χ0v) is 11.9. The van der Waals surface area contributed by atoms with E-state index < -0.39 is 10.0 Å². The first-order valence-corrected chi connectivity index (χ1v) is 7.69. The number of benzene rings is 1. The summed E-state index contributed by atoms with van der Waals surface area (Å²) in [5, 5.41) is 12.2. The first-order valence-electron chi connectivity index (χ1n) is 6.20. The van der Waals surface area contributed by atoms with Gasteiger partial charge in [-0.05, 0) is 24.3 Å². The number of nitrogens with zero attached hydrogens (tertiary/aromatic N) is 2. The molecular weight excluding hydrogens is 298 g/mol. The average molecular weight is 313 g/mol. The maximum Gasteiger partial charge on any atom is 0.240 e. The Morgan fingerprint density at radius 1 is 1.29 bits per heavy atom. The molecule has 0 aliphatic rings. The van der Waals surface area contributed by atoms with Crippen LogP contribution in [-0.2, 0) is 16.4 Å². The van der Waals surface area contributed by atoms with Gasteiger partial charge in [0.05, 0.1) is 11.5 Å². The van der Waals surface area contributed by atoms with E-state index in [0.29, 0.717) is 18.0 Å². The number of rotatable bonds is 8. The van der Waals surface area contributed by atoms with Gasteiger partial charge in [0.2, 0.25) is 16.4 Å². The largest absolute Gasteiger partial charge is 0.491 e. The lowest BCUT2D eigenvalue weighted by Gasteiger charge is -2.07. The molecule has 114 valence electrons. The Morgan fingerprint density at radius 3 is 2.67 bits per heavy atom. The van der Waals surface area contributed by atoms with Crippen LogP contribution in [0.2, 0.25) is 0 Å². The van der Waals surface area contributed by atoms with Crippen molar-refractivity contribution in [3.8, 4) is 5.75 Å². The molecule has 0 radical (unpaired) electrons. The summed E-state index contributed by atoms with van der Waals surface area (Å²) < 4.78 is 36.2. The van der Waals surface area contributed by atoms with Crippen LogP contribution in [0.5, 0.6) is 5.75 Å². The fourth-order valence-electron chi connectivity index (χ4n) is 1.56. The summed E-state index contributed by atoms with van der Waals surface area (Å²) in [6.07, 6.45) is 1.53. The standard InChI is InChI=1S/C12H15N3O5S/c16-7-8-19-10-1-3-11(4-2-10)21(17,18)14-6-5-12-13-9-20-15-12/h1-4,9,14,16H,5-8H2. The molecule has 0 spiro atoms. The molecule has 0 saturated heterocycles. The quantitative estimate of drug-likeness (QED) is 0.702. The number of aliphatic hydroxyl groups is 1. The second kappa shape index (κ2) is 7.16. The van der Waals surface area contributed by atoms with Crippen molar-refractivity contribution in [1.82, 2.24) is 14.9 Å². The average Bonchev–Trinajstić information content (AvgIpc) is 2.98. The third-order valence-electron chi connectivity index (χ3n) is 2.54. The maximum atomic E-state index is 12.0. The van der Waals surface area contributed by atoms with Crippen molar-refractivity contribution in [2.75, 3.05) is 19.8 Å². The second-order valence-electron chi connectivity index (χ2n) is 4.04. The van der Waals surface area contributed by atoms with Gasteiger partial charge in [0, 0.05) is 13.0 Å². The molecule has 8 nitrogen and oxygen atoms in total. The molecule has 0 amide bonds. The Hall–Kier alpha value is -1.97. The van der Waals surface area contributed by atoms with Crippen molar-refractivity contribution in [3.05, 3.63) is 36.5 Å². The van der Waals surface area contributed by atoms with E-state index in [-0.39, 0.29) is 24.7 Å². The van der Waals surface area contributed by atoms with E-state index in [1.54, 1.807) is 0 Å². The number of ether oxygens (including phenoxy) is 1. The SMILES string of the molecule is O=S(=O)(NCCc1ncon1)c1ccc(OCCO)cc1. The van der Waals surface area contributed by atoms with Crippen LogP contribution in [-0.4, -0.2) is 43.4 Å². The lowest BCUT2D eigenvalue weighted by Crippen LogP contribution is -2.26. The molecule has 0 saturated carbocycles. The molecule has 1 aromatic heterocycles. The van der Waals surface area contributed by atoms with Crippen molar-refractivity contribution in [3.63, 3.8) is 0 Å². The first kappa shape index (κ1) is 15.4. The predicted molar refractivity (Wildman–Crippen MR) is 72.2 cm³/mol. The van der Waals surface area contributed by atoms with Gasteiger partial charge in [-0.25, -0.2) is 13.1 Å². The van der Waals surface area contributed by atoms with E-state index in [4.69, 9.17) is 9.84 Å². The van der Waals surface area contributed by atoms with E-state index in [0.717, 1.165) is 0 Å². The maximum absolute atomic E-state index is 12.0. The van der Waals surface area contributed by atoms with Gasteiger partial charge in [-0.2, -0.15) is 4.98 Å². The van der Waals surface area contributed by atoms with Gasteiger partial charge in [0.25, 0.3) is 0 Å². The van der Waals surface area contributed by atoms with Crippen LogP contribution in [0.25, 0.3) is 0 Å². The molecular formula is C12H15N3O5S. The second-order valence-corrected chi connectivity index (χ2v) is 5.81. The highest BCUT2D eigenvalue weighted by Gasteiger charge is 2.13. The van der Waals surface area contributed by atoms with E-state index >= 15 is 0 Å². The number of hydrogen-bond donors (Lipinski definition) is 2. The highest BCUT2D eigenvalue weighted by molar-refractivity contribution is 7.89. The number of aromatic nitrogens is 2. The number of sulfonamides is 1. The summed E-state index contributed by atoms with van der Waals surface area (Å²) in [7, 11) is -3.59. The zero-order valence-electron chi connectivity index (χ0n) is 11.1. The van der Waals surface area contributed by atoms with Gasteiger partial charge < -0.3 is 14.4 Å². The van der Waals surface area contributed by atoms with E-state index in [2.05, 4.69) is 19.4 Å². The molecule has 0 atom stereocenters. The molecule has 2 aromatic rings. The highest BCUT2D eigenvalue weighted by Crippen LogP contribution is 2.15. The van der Waals surface area contributed by atoms with Crippen molar-refractivity contribution >= 4 is 10.0 Å². The van der Waals surface area contributed by atoms with Gasteiger partial charge in [0.15, 0.2) is 5.82 Å². The predicted octanol–water partition coefficient (Wildman–Crippen LogP) is -0.0383. The topological polar surface area (TPSA) is 115 Å². The van der Waals surface area contributed by atoms with Gasteiger partial charge in [0.1, 0.15) is 12.4 Å². The van der Waals surface area contributed by atoms with Crippen molar-refractivity contribution in [1.29, 1.82) is 0 Å². The van der Waals surface area contributed by atoms with Crippen LogP contribution in [0.4, 0.5) is 0 Å². The molecule has 0 aliphatic carbocycles. The van der Waals surface area contributed by atoms with E-state index in [1.165, 1.54) is 30.7 Å². The molecule has 0 unspecified atom stereocenters. The first-order chi connectivity index (χ1) is 10.1. The molecule has 1 heterocycles. The molecule has 1 aromatic carbocycles. The molecule has 0 bridgehead atoms. The highest BCUT2D eigenvalue weighted by atomic mass is 32.2. The Balaban J connectivity index is 1.92. The zero-order chi connectivity index (χ0) is 15.1. The van der Waals surface area contributed by atoms with Crippen LogP contribution < -0.4 is 9.46 Å². The third-order valence-corrected chi connectivity index (χ3v) is 4.02. The van der Waals surface area contributed by atoms with Crippen molar-refractivity contribution in [2.24, 2.45) is 0 Å². The lowest BCUT2D eigenvalue weighted by molar-refractivity contribution is 0.201. The summed E-state index contributed by atoms with van der Waals surface area (Å²) in [6.45, 7) is 0.233. The summed E-state index contributed by atoms with van der Waals surface area (Å²) in [5.41, 5.74) is 0. The number of aliphatic hydroxyl groups excluding tert-OH is 1. The molecule has 0 fully saturated rings. The van der Waals surface area contributed by atoms with Gasteiger partial charge in [-0.3, -0.25) is 0 Å². The normalized spacial score (nSPS) is 11.5. The fraction of sp³-hybridized carbons (Fsp3) is 0.333. The Labute approximate surface area is 121 Å². The molecule has 21 heavy (non-hydrogen) atoms. The molecule has 0 aliphatic heterocycles. The Bertz CT molecular complexity index is 640. The van der Waals surface area contributed by atoms with E-state index in [1.807, 2.05) is 0 Å². The Morgan fingerprint density at radius 2 is 2.05 bits per heavy atom. The van der Waals surface area contributed by atoms with Crippen LogP contribution in [0.1, 0.15) is 5.82 Å². The Kier molecular flexibility index (Phi) is 5.26. The molecule has 2 rings (SSSR count). The van der Waals surface area contributed by atoms with Crippen LogP contribution in [0.3, 0.4) is 0 Å². The van der Waals surface area contributed by atoms with Gasteiger partial charge >= 0.3 is 0 Å². The minimum absolute atomic E-state index is 0.0995. The van der Waals surface area contributed by atoms with Gasteiger partial charge in [-0.15, -0.1) is 0 Å². The summed E-state index contributed by atoms with van der Waals surface area (Å²) in [6, 6.07) is 5.93. The molecule has 9 heteroatoms. The molecule has 2 N–H and O–H groups in total. The van der Waals surface area contributed by atoms with Crippen LogP contribution in [0.15, 0.2) is 40.1 Å². The lowest BCUT2D eigenvalue weighted by atomic mass is 10.3. The number of hydrogen-bond acceptors (Lipinski definition) is 7. The fourth-order valence-corrected chi connectivity index (χ4v) is 2.59.